The van der Waals surface area contributed by atoms with Gasteiger partial charge in [0.2, 0.25) is 0 Å². The van der Waals surface area contributed by atoms with Gasteiger partial charge >= 0.3 is 0 Å². The van der Waals surface area contributed by atoms with Gasteiger partial charge in [-0.15, -0.1) is 22.7 Å². The van der Waals surface area contributed by atoms with Crippen molar-refractivity contribution in [3.05, 3.63) is 32.3 Å². The Morgan fingerprint density at radius 3 is 2.83 bits per heavy atom. The first-order chi connectivity index (χ1) is 14.3. The van der Waals surface area contributed by atoms with Crippen LogP contribution in [0.5, 0.6) is 0 Å². The largest absolute Gasteiger partial charge is 0.379 e. The first-order valence-corrected chi connectivity index (χ1v) is 12.2. The number of ether oxygens (including phenoxy) is 1. The molecule has 6 nitrogen and oxygen atoms in total. The Labute approximate surface area is 179 Å². The highest BCUT2D eigenvalue weighted by Crippen LogP contribution is 2.39. The fourth-order valence-electron chi connectivity index (χ4n) is 4.11. The van der Waals surface area contributed by atoms with E-state index in [2.05, 4.69) is 22.1 Å². The summed E-state index contributed by atoms with van der Waals surface area (Å²) in [5.74, 6) is 1.90. The third-order valence-corrected chi connectivity index (χ3v) is 8.01. The molecule has 1 saturated heterocycles. The predicted octanol–water partition coefficient (Wildman–Crippen LogP) is 4.03. The van der Waals surface area contributed by atoms with Gasteiger partial charge in [0.25, 0.3) is 0 Å². The molecule has 0 saturated carbocycles. The SMILES string of the molecule is CCc1cnc(CNc2nc(CN3CCOCC3)nc3sc4c(c23)CCCC4)s1. The van der Waals surface area contributed by atoms with E-state index in [-0.39, 0.29) is 0 Å². The van der Waals surface area contributed by atoms with Crippen LogP contribution in [0.4, 0.5) is 5.82 Å². The topological polar surface area (TPSA) is 63.2 Å². The van der Waals surface area contributed by atoms with Crippen LogP contribution in [-0.2, 0) is 37.1 Å². The third-order valence-electron chi connectivity index (χ3n) is 5.69. The predicted molar refractivity (Wildman–Crippen MR) is 119 cm³/mol. The van der Waals surface area contributed by atoms with Gasteiger partial charge < -0.3 is 10.1 Å². The van der Waals surface area contributed by atoms with Gasteiger partial charge in [-0.1, -0.05) is 6.92 Å². The average Bonchev–Trinajstić information content (AvgIpc) is 3.37. The molecule has 1 aliphatic heterocycles. The molecule has 0 unspecified atom stereocenters. The number of fused-ring (bicyclic) bond motifs is 3. The van der Waals surface area contributed by atoms with Crippen LogP contribution in [0, 0.1) is 0 Å². The maximum absolute atomic E-state index is 5.49. The quantitative estimate of drug-likeness (QED) is 0.638. The molecular weight excluding hydrogens is 402 g/mol. The number of nitrogens with zero attached hydrogens (tertiary/aromatic N) is 4. The minimum Gasteiger partial charge on any atom is -0.379 e. The van der Waals surface area contributed by atoms with Gasteiger partial charge in [-0.25, -0.2) is 15.0 Å². The van der Waals surface area contributed by atoms with E-state index in [0.29, 0.717) is 0 Å². The third kappa shape index (κ3) is 4.17. The number of hydrogen-bond acceptors (Lipinski definition) is 8. The van der Waals surface area contributed by atoms with E-state index < -0.39 is 0 Å². The van der Waals surface area contributed by atoms with Crippen LogP contribution in [-0.4, -0.2) is 46.2 Å². The molecule has 3 aromatic heterocycles. The lowest BCUT2D eigenvalue weighted by Crippen LogP contribution is -2.36. The van der Waals surface area contributed by atoms with E-state index in [1.807, 2.05) is 17.5 Å². The van der Waals surface area contributed by atoms with Crippen molar-refractivity contribution in [2.45, 2.75) is 52.1 Å². The summed E-state index contributed by atoms with van der Waals surface area (Å²) in [5.41, 5.74) is 1.48. The van der Waals surface area contributed by atoms with E-state index in [1.54, 1.807) is 11.3 Å². The lowest BCUT2D eigenvalue weighted by atomic mass is 9.97. The Morgan fingerprint density at radius 1 is 1.14 bits per heavy atom. The van der Waals surface area contributed by atoms with Crippen molar-refractivity contribution in [2.24, 2.45) is 0 Å². The van der Waals surface area contributed by atoms with E-state index in [0.717, 1.165) is 73.7 Å². The number of thiophene rings is 1. The fourth-order valence-corrected chi connectivity index (χ4v) is 6.19. The molecule has 0 aromatic carbocycles. The minimum absolute atomic E-state index is 0.721. The van der Waals surface area contributed by atoms with Crippen molar-refractivity contribution >= 4 is 38.7 Å². The number of aryl methyl sites for hydroxylation is 3. The van der Waals surface area contributed by atoms with Gasteiger partial charge in [0, 0.05) is 29.0 Å². The first-order valence-electron chi connectivity index (χ1n) is 10.6. The number of rotatable bonds is 6. The minimum atomic E-state index is 0.721. The molecule has 0 bridgehead atoms. The van der Waals surface area contributed by atoms with Crippen LogP contribution in [0.15, 0.2) is 6.20 Å². The summed E-state index contributed by atoms with van der Waals surface area (Å²) in [5, 5.41) is 5.99. The number of aromatic nitrogens is 3. The number of nitrogens with one attached hydrogen (secondary N) is 1. The summed E-state index contributed by atoms with van der Waals surface area (Å²) in [6.45, 7) is 7.17. The molecule has 0 amide bonds. The molecule has 8 heteroatoms. The zero-order chi connectivity index (χ0) is 19.6. The zero-order valence-electron chi connectivity index (χ0n) is 16.9. The Hall–Kier alpha value is -1.61. The zero-order valence-corrected chi connectivity index (χ0v) is 18.5. The van der Waals surface area contributed by atoms with Gasteiger partial charge in [-0.05, 0) is 37.7 Å². The van der Waals surface area contributed by atoms with Crippen molar-refractivity contribution < 1.29 is 4.74 Å². The first kappa shape index (κ1) is 19.4. The van der Waals surface area contributed by atoms with Crippen LogP contribution in [0.1, 0.15) is 45.9 Å². The molecular formula is C21H27N5OS2. The molecule has 154 valence electrons. The highest BCUT2D eigenvalue weighted by molar-refractivity contribution is 7.19. The summed E-state index contributed by atoms with van der Waals surface area (Å²) >= 11 is 3.66. The molecule has 0 spiro atoms. The standard InChI is InChI=1S/C21H27N5OS2/c1-2-14-11-22-18(28-14)12-23-20-19-15-5-3-4-6-16(15)29-21(19)25-17(24-20)13-26-7-9-27-10-8-26/h11H,2-10,12-13H2,1H3,(H,23,24,25). The summed E-state index contributed by atoms with van der Waals surface area (Å²) in [7, 11) is 0. The lowest BCUT2D eigenvalue weighted by molar-refractivity contribution is 0.0331. The van der Waals surface area contributed by atoms with Crippen molar-refractivity contribution in [3.8, 4) is 0 Å². The molecule has 3 aromatic rings. The molecule has 1 N–H and O–H groups in total. The van der Waals surface area contributed by atoms with Crippen LogP contribution in [0.2, 0.25) is 0 Å². The van der Waals surface area contributed by atoms with Gasteiger partial charge in [-0.3, -0.25) is 4.90 Å². The Morgan fingerprint density at radius 2 is 2.00 bits per heavy atom. The number of anilines is 1. The molecule has 0 atom stereocenters. The second-order valence-electron chi connectivity index (χ2n) is 7.70. The average molecular weight is 430 g/mol. The summed E-state index contributed by atoms with van der Waals surface area (Å²) in [4.78, 5) is 20.9. The van der Waals surface area contributed by atoms with E-state index >= 15 is 0 Å². The van der Waals surface area contributed by atoms with Gasteiger partial charge in [-0.2, -0.15) is 0 Å². The van der Waals surface area contributed by atoms with Gasteiger partial charge in [0.1, 0.15) is 21.5 Å². The van der Waals surface area contributed by atoms with Gasteiger partial charge in [0.15, 0.2) is 0 Å². The van der Waals surface area contributed by atoms with Gasteiger partial charge in [0.05, 0.1) is 31.7 Å². The van der Waals surface area contributed by atoms with E-state index in [4.69, 9.17) is 14.7 Å². The lowest BCUT2D eigenvalue weighted by Gasteiger charge is -2.25. The molecule has 2 aliphatic rings. The molecule has 5 rings (SSSR count). The Bertz CT molecular complexity index is 993. The summed E-state index contributed by atoms with van der Waals surface area (Å²) < 4.78 is 5.49. The fraction of sp³-hybridized carbons (Fsp3) is 0.571. The maximum atomic E-state index is 5.49. The smallest absolute Gasteiger partial charge is 0.146 e. The van der Waals surface area contributed by atoms with Crippen LogP contribution >= 0.6 is 22.7 Å². The highest BCUT2D eigenvalue weighted by atomic mass is 32.1. The molecule has 1 fully saturated rings. The molecule has 0 radical (unpaired) electrons. The number of hydrogen-bond donors (Lipinski definition) is 1. The monoisotopic (exact) mass is 429 g/mol. The van der Waals surface area contributed by atoms with Crippen LogP contribution < -0.4 is 5.32 Å². The van der Waals surface area contributed by atoms with Crippen molar-refractivity contribution in [1.82, 2.24) is 19.9 Å². The number of morpholine rings is 1. The molecule has 1 aliphatic carbocycles. The second-order valence-corrected chi connectivity index (χ2v) is 9.98. The van der Waals surface area contributed by atoms with Crippen LogP contribution in [0.3, 0.4) is 0 Å². The van der Waals surface area contributed by atoms with Crippen molar-refractivity contribution in [1.29, 1.82) is 0 Å². The van der Waals surface area contributed by atoms with Crippen LogP contribution in [0.25, 0.3) is 10.2 Å². The normalized spacial score (nSPS) is 17.6. The van der Waals surface area contributed by atoms with Crippen molar-refractivity contribution in [3.63, 3.8) is 0 Å². The van der Waals surface area contributed by atoms with Crippen molar-refractivity contribution in [2.75, 3.05) is 31.6 Å². The number of thiazole rings is 1. The maximum Gasteiger partial charge on any atom is 0.146 e. The summed E-state index contributed by atoms with van der Waals surface area (Å²) in [6.07, 6.45) is 7.91. The summed E-state index contributed by atoms with van der Waals surface area (Å²) in [6, 6.07) is 0. The molecule has 4 heterocycles. The Balaban J connectivity index is 1.46. The molecule has 29 heavy (non-hydrogen) atoms. The van der Waals surface area contributed by atoms with E-state index in [9.17, 15) is 0 Å². The second kappa shape index (κ2) is 8.63. The van der Waals surface area contributed by atoms with E-state index in [1.165, 1.54) is 40.0 Å². The highest BCUT2D eigenvalue weighted by Gasteiger charge is 2.22. The Kier molecular flexibility index (Phi) is 5.76.